The average Bonchev–Trinajstić information content (AvgIpc) is 3.07. The molecular formula is C17H20Cl2FN5O. The SMILES string of the molecule is Cl.O=C(c1cc(Cl)ccc1F)N1CCC(c2nnc3n2CCNC3)CC1. The van der Waals surface area contributed by atoms with Gasteiger partial charge in [-0.15, -0.1) is 22.6 Å². The molecule has 0 unspecified atom stereocenters. The van der Waals surface area contributed by atoms with Crippen molar-refractivity contribution in [3.63, 3.8) is 0 Å². The van der Waals surface area contributed by atoms with Crippen LogP contribution in [0.4, 0.5) is 4.39 Å². The molecule has 0 aliphatic carbocycles. The summed E-state index contributed by atoms with van der Waals surface area (Å²) in [5.41, 5.74) is 0.0388. The van der Waals surface area contributed by atoms with Crippen LogP contribution >= 0.6 is 24.0 Å². The normalized spacial score (nSPS) is 17.5. The van der Waals surface area contributed by atoms with Gasteiger partial charge < -0.3 is 14.8 Å². The summed E-state index contributed by atoms with van der Waals surface area (Å²) in [6.45, 7) is 3.71. The molecule has 0 bridgehead atoms. The fourth-order valence-corrected chi connectivity index (χ4v) is 3.76. The van der Waals surface area contributed by atoms with E-state index in [-0.39, 0.29) is 29.8 Å². The van der Waals surface area contributed by atoms with Gasteiger partial charge in [0, 0.05) is 37.1 Å². The Hall–Kier alpha value is -1.70. The lowest BCUT2D eigenvalue weighted by atomic mass is 9.95. The van der Waals surface area contributed by atoms with E-state index in [2.05, 4.69) is 20.1 Å². The van der Waals surface area contributed by atoms with Crippen molar-refractivity contribution in [2.24, 2.45) is 0 Å². The van der Waals surface area contributed by atoms with E-state index in [1.54, 1.807) is 4.90 Å². The van der Waals surface area contributed by atoms with Crippen molar-refractivity contribution in [1.82, 2.24) is 25.0 Å². The predicted octanol–water partition coefficient (Wildman–Crippen LogP) is 2.62. The number of benzene rings is 1. The molecule has 1 N–H and O–H groups in total. The minimum Gasteiger partial charge on any atom is -0.339 e. The summed E-state index contributed by atoms with van der Waals surface area (Å²) in [5.74, 6) is 1.44. The van der Waals surface area contributed by atoms with Gasteiger partial charge in [-0.25, -0.2) is 4.39 Å². The molecule has 9 heteroatoms. The first-order valence-electron chi connectivity index (χ1n) is 8.50. The number of amides is 1. The zero-order valence-corrected chi connectivity index (χ0v) is 15.7. The largest absolute Gasteiger partial charge is 0.339 e. The Morgan fingerprint density at radius 1 is 1.23 bits per heavy atom. The quantitative estimate of drug-likeness (QED) is 0.842. The van der Waals surface area contributed by atoms with Crippen LogP contribution in [-0.4, -0.2) is 45.2 Å². The molecule has 26 heavy (non-hydrogen) atoms. The zero-order chi connectivity index (χ0) is 17.4. The van der Waals surface area contributed by atoms with Crippen LogP contribution in [0.3, 0.4) is 0 Å². The molecule has 2 aliphatic heterocycles. The van der Waals surface area contributed by atoms with Crippen LogP contribution in [0.5, 0.6) is 0 Å². The van der Waals surface area contributed by atoms with Gasteiger partial charge >= 0.3 is 0 Å². The first kappa shape index (κ1) is 19.1. The highest BCUT2D eigenvalue weighted by Crippen LogP contribution is 2.29. The molecule has 4 rings (SSSR count). The van der Waals surface area contributed by atoms with E-state index >= 15 is 0 Å². The number of likely N-dealkylation sites (tertiary alicyclic amines) is 1. The van der Waals surface area contributed by atoms with Crippen molar-refractivity contribution in [3.05, 3.63) is 46.3 Å². The maximum Gasteiger partial charge on any atom is 0.256 e. The van der Waals surface area contributed by atoms with Crippen molar-refractivity contribution in [1.29, 1.82) is 0 Å². The third kappa shape index (κ3) is 3.56. The van der Waals surface area contributed by atoms with Crippen molar-refractivity contribution < 1.29 is 9.18 Å². The molecule has 2 aliphatic rings. The predicted molar refractivity (Wildman–Crippen MR) is 98.3 cm³/mol. The van der Waals surface area contributed by atoms with E-state index < -0.39 is 5.82 Å². The maximum atomic E-state index is 13.9. The van der Waals surface area contributed by atoms with Crippen LogP contribution < -0.4 is 5.32 Å². The number of rotatable bonds is 2. The third-order valence-electron chi connectivity index (χ3n) is 4.96. The molecule has 0 saturated carbocycles. The van der Waals surface area contributed by atoms with Gasteiger partial charge in [-0.2, -0.15) is 0 Å². The van der Waals surface area contributed by atoms with Crippen LogP contribution in [0.2, 0.25) is 5.02 Å². The number of carbonyl (C=O) groups excluding carboxylic acids is 1. The molecule has 6 nitrogen and oxygen atoms in total. The van der Waals surface area contributed by atoms with Gasteiger partial charge in [-0.3, -0.25) is 4.79 Å². The van der Waals surface area contributed by atoms with Crippen molar-refractivity contribution in [3.8, 4) is 0 Å². The highest BCUT2D eigenvalue weighted by Gasteiger charge is 2.30. The third-order valence-corrected chi connectivity index (χ3v) is 5.19. The Morgan fingerprint density at radius 3 is 2.77 bits per heavy atom. The number of hydrogen-bond acceptors (Lipinski definition) is 4. The number of aromatic nitrogens is 3. The Balaban J connectivity index is 0.00000196. The van der Waals surface area contributed by atoms with Gasteiger partial charge in [0.25, 0.3) is 5.91 Å². The van der Waals surface area contributed by atoms with Gasteiger partial charge in [0.2, 0.25) is 0 Å². The number of nitrogens with one attached hydrogen (secondary N) is 1. The molecule has 2 aromatic rings. The number of fused-ring (bicyclic) bond motifs is 1. The summed E-state index contributed by atoms with van der Waals surface area (Å²) < 4.78 is 16.1. The van der Waals surface area contributed by atoms with Crippen LogP contribution in [0.25, 0.3) is 0 Å². The minimum absolute atomic E-state index is 0. The standard InChI is InChI=1S/C17H19ClFN5O.ClH/c18-12-1-2-14(19)13(9-12)17(25)23-6-3-11(4-7-23)16-22-21-15-10-20-5-8-24(15)16;/h1-2,9,11,20H,3-8,10H2;1H. The van der Waals surface area contributed by atoms with Gasteiger partial charge in [0.1, 0.15) is 17.5 Å². The fraction of sp³-hybridized carbons (Fsp3) is 0.471. The average molecular weight is 400 g/mol. The number of hydrogen-bond donors (Lipinski definition) is 1. The van der Waals surface area contributed by atoms with Crippen molar-refractivity contribution in [2.75, 3.05) is 19.6 Å². The van der Waals surface area contributed by atoms with Crippen LogP contribution in [0.15, 0.2) is 18.2 Å². The molecule has 1 aromatic carbocycles. The molecule has 3 heterocycles. The minimum atomic E-state index is -0.532. The van der Waals surface area contributed by atoms with Gasteiger partial charge in [0.15, 0.2) is 0 Å². The number of carbonyl (C=O) groups is 1. The van der Waals surface area contributed by atoms with Gasteiger partial charge in [0.05, 0.1) is 12.1 Å². The van der Waals surface area contributed by atoms with Gasteiger partial charge in [-0.05, 0) is 31.0 Å². The van der Waals surface area contributed by atoms with Crippen molar-refractivity contribution in [2.45, 2.75) is 31.8 Å². The van der Waals surface area contributed by atoms with Crippen LogP contribution in [-0.2, 0) is 13.1 Å². The Kier molecular flexibility index (Phi) is 5.79. The second-order valence-electron chi connectivity index (χ2n) is 6.49. The lowest BCUT2D eigenvalue weighted by molar-refractivity contribution is 0.0705. The Morgan fingerprint density at radius 2 is 2.00 bits per heavy atom. The first-order valence-corrected chi connectivity index (χ1v) is 8.88. The second-order valence-corrected chi connectivity index (χ2v) is 6.93. The van der Waals surface area contributed by atoms with E-state index in [0.29, 0.717) is 18.1 Å². The topological polar surface area (TPSA) is 63.1 Å². The molecule has 140 valence electrons. The van der Waals surface area contributed by atoms with E-state index in [4.69, 9.17) is 11.6 Å². The first-order chi connectivity index (χ1) is 12.1. The highest BCUT2D eigenvalue weighted by atomic mass is 35.5. The maximum absolute atomic E-state index is 13.9. The molecule has 1 aromatic heterocycles. The summed E-state index contributed by atoms with van der Waals surface area (Å²) >= 11 is 5.90. The van der Waals surface area contributed by atoms with Crippen molar-refractivity contribution >= 4 is 29.9 Å². The number of halogens is 3. The molecule has 0 atom stereocenters. The van der Waals surface area contributed by atoms with Crippen LogP contribution in [0.1, 0.15) is 40.8 Å². The fourth-order valence-electron chi connectivity index (χ4n) is 3.59. The number of nitrogens with zero attached hydrogens (tertiary/aromatic N) is 4. The molecular weight excluding hydrogens is 380 g/mol. The Bertz CT molecular complexity index is 804. The van der Waals surface area contributed by atoms with Crippen LogP contribution in [0, 0.1) is 5.82 Å². The van der Waals surface area contributed by atoms with Gasteiger partial charge in [-0.1, -0.05) is 11.6 Å². The van der Waals surface area contributed by atoms with E-state index in [0.717, 1.165) is 44.1 Å². The smallest absolute Gasteiger partial charge is 0.256 e. The molecule has 0 radical (unpaired) electrons. The molecule has 0 spiro atoms. The lowest BCUT2D eigenvalue weighted by Gasteiger charge is -2.32. The number of piperidine rings is 1. The molecule has 1 saturated heterocycles. The lowest BCUT2D eigenvalue weighted by Crippen LogP contribution is -2.39. The van der Waals surface area contributed by atoms with E-state index in [1.807, 2.05) is 0 Å². The summed E-state index contributed by atoms with van der Waals surface area (Å²) in [6, 6.07) is 4.08. The Labute approximate surface area is 162 Å². The summed E-state index contributed by atoms with van der Waals surface area (Å²) in [4.78, 5) is 14.3. The summed E-state index contributed by atoms with van der Waals surface area (Å²) in [7, 11) is 0. The zero-order valence-electron chi connectivity index (χ0n) is 14.1. The molecule has 1 fully saturated rings. The summed E-state index contributed by atoms with van der Waals surface area (Å²) in [5, 5.41) is 12.3. The van der Waals surface area contributed by atoms with E-state index in [1.165, 1.54) is 18.2 Å². The monoisotopic (exact) mass is 399 g/mol. The summed E-state index contributed by atoms with van der Waals surface area (Å²) in [6.07, 6.45) is 1.61. The highest BCUT2D eigenvalue weighted by molar-refractivity contribution is 6.31. The second kappa shape index (κ2) is 7.90. The molecule has 1 amide bonds. The van der Waals surface area contributed by atoms with E-state index in [9.17, 15) is 9.18 Å².